The average molecular weight is 405 g/mol. The molecule has 0 unspecified atom stereocenters. The summed E-state index contributed by atoms with van der Waals surface area (Å²) in [6.07, 6.45) is 6.57. The standard InChI is InChI=1S/C24H28N4O2/c1-17-26-24(30-27-17)20-12-10-19(11-13-20)23(29)25-16-18-8-14-22(15-9-18)28(2)21-6-4-3-5-7-21/h8-15,21H,3-7,16H2,1-2H3,(H,25,29). The third kappa shape index (κ3) is 4.70. The van der Waals surface area contributed by atoms with Crippen molar-refractivity contribution in [2.75, 3.05) is 11.9 Å². The number of carbonyl (C=O) groups is 1. The fourth-order valence-electron chi connectivity index (χ4n) is 3.99. The molecule has 0 radical (unpaired) electrons. The number of rotatable bonds is 6. The van der Waals surface area contributed by atoms with Crippen LogP contribution < -0.4 is 10.2 Å². The third-order valence-electron chi connectivity index (χ3n) is 5.84. The van der Waals surface area contributed by atoms with Crippen LogP contribution in [0.5, 0.6) is 0 Å². The van der Waals surface area contributed by atoms with Gasteiger partial charge in [0.05, 0.1) is 0 Å². The molecule has 2 aromatic carbocycles. The molecular formula is C24H28N4O2. The van der Waals surface area contributed by atoms with Gasteiger partial charge in [0.2, 0.25) is 0 Å². The van der Waals surface area contributed by atoms with Gasteiger partial charge in [-0.2, -0.15) is 4.98 Å². The van der Waals surface area contributed by atoms with E-state index >= 15 is 0 Å². The van der Waals surface area contributed by atoms with E-state index in [1.165, 1.54) is 37.8 Å². The molecule has 1 aromatic heterocycles. The first-order valence-electron chi connectivity index (χ1n) is 10.6. The second-order valence-electron chi connectivity index (χ2n) is 7.98. The van der Waals surface area contributed by atoms with E-state index in [1.54, 1.807) is 19.1 Å². The predicted molar refractivity (Wildman–Crippen MR) is 117 cm³/mol. The second kappa shape index (κ2) is 9.11. The minimum Gasteiger partial charge on any atom is -0.372 e. The Bertz CT molecular complexity index is 973. The number of amides is 1. The Morgan fingerprint density at radius 1 is 1.07 bits per heavy atom. The van der Waals surface area contributed by atoms with Crippen LogP contribution in [0, 0.1) is 6.92 Å². The highest BCUT2D eigenvalue weighted by Gasteiger charge is 2.18. The fraction of sp³-hybridized carbons (Fsp3) is 0.375. The number of hydrogen-bond acceptors (Lipinski definition) is 5. The van der Waals surface area contributed by atoms with Crippen LogP contribution in [0.25, 0.3) is 11.5 Å². The Labute approximate surface area is 177 Å². The molecule has 6 heteroatoms. The van der Waals surface area contributed by atoms with Crippen molar-refractivity contribution < 1.29 is 9.32 Å². The number of aromatic nitrogens is 2. The minimum absolute atomic E-state index is 0.105. The van der Waals surface area contributed by atoms with Gasteiger partial charge in [-0.15, -0.1) is 0 Å². The maximum Gasteiger partial charge on any atom is 0.257 e. The number of benzene rings is 2. The summed E-state index contributed by atoms with van der Waals surface area (Å²) in [6, 6.07) is 16.3. The lowest BCUT2D eigenvalue weighted by molar-refractivity contribution is 0.0951. The molecule has 4 rings (SSSR count). The van der Waals surface area contributed by atoms with E-state index in [-0.39, 0.29) is 5.91 Å². The van der Waals surface area contributed by atoms with Gasteiger partial charge in [-0.05, 0) is 61.7 Å². The van der Waals surface area contributed by atoms with Crippen molar-refractivity contribution in [3.63, 3.8) is 0 Å². The fourth-order valence-corrected chi connectivity index (χ4v) is 3.99. The summed E-state index contributed by atoms with van der Waals surface area (Å²) in [7, 11) is 2.19. The number of aryl methyl sites for hydroxylation is 1. The molecule has 0 atom stereocenters. The molecular weight excluding hydrogens is 376 g/mol. The van der Waals surface area contributed by atoms with E-state index in [2.05, 4.69) is 51.7 Å². The molecule has 1 saturated carbocycles. The molecule has 30 heavy (non-hydrogen) atoms. The van der Waals surface area contributed by atoms with Crippen LogP contribution in [-0.4, -0.2) is 29.1 Å². The molecule has 1 fully saturated rings. The molecule has 1 aliphatic rings. The Morgan fingerprint density at radius 2 is 1.77 bits per heavy atom. The third-order valence-corrected chi connectivity index (χ3v) is 5.84. The van der Waals surface area contributed by atoms with Gasteiger partial charge in [-0.1, -0.05) is 36.6 Å². The number of hydrogen-bond donors (Lipinski definition) is 1. The van der Waals surface area contributed by atoms with Gasteiger partial charge < -0.3 is 14.7 Å². The molecule has 1 aliphatic carbocycles. The van der Waals surface area contributed by atoms with Crippen molar-refractivity contribution in [3.05, 3.63) is 65.5 Å². The van der Waals surface area contributed by atoms with Gasteiger partial charge in [0.15, 0.2) is 5.82 Å². The second-order valence-corrected chi connectivity index (χ2v) is 7.98. The Balaban J connectivity index is 1.32. The van der Waals surface area contributed by atoms with Crippen LogP contribution in [0.4, 0.5) is 5.69 Å². The van der Waals surface area contributed by atoms with E-state index in [9.17, 15) is 4.79 Å². The summed E-state index contributed by atoms with van der Waals surface area (Å²) in [4.78, 5) is 19.1. The lowest BCUT2D eigenvalue weighted by atomic mass is 9.94. The van der Waals surface area contributed by atoms with Crippen molar-refractivity contribution in [1.29, 1.82) is 0 Å². The molecule has 1 heterocycles. The van der Waals surface area contributed by atoms with Crippen molar-refractivity contribution in [3.8, 4) is 11.5 Å². The number of anilines is 1. The SMILES string of the molecule is Cc1noc(-c2ccc(C(=O)NCc3ccc(N(C)C4CCCCC4)cc3)cc2)n1. The lowest BCUT2D eigenvalue weighted by Gasteiger charge is -2.33. The normalized spacial score (nSPS) is 14.5. The smallest absolute Gasteiger partial charge is 0.257 e. The van der Waals surface area contributed by atoms with Gasteiger partial charge >= 0.3 is 0 Å². The highest BCUT2D eigenvalue weighted by Crippen LogP contribution is 2.26. The van der Waals surface area contributed by atoms with Crippen LogP contribution >= 0.6 is 0 Å². The minimum atomic E-state index is -0.105. The number of nitrogens with zero attached hydrogens (tertiary/aromatic N) is 3. The molecule has 1 N–H and O–H groups in total. The Morgan fingerprint density at radius 3 is 2.40 bits per heavy atom. The van der Waals surface area contributed by atoms with Crippen LogP contribution in [-0.2, 0) is 6.54 Å². The van der Waals surface area contributed by atoms with Crippen LogP contribution in [0.2, 0.25) is 0 Å². The van der Waals surface area contributed by atoms with Gasteiger partial charge in [-0.25, -0.2) is 0 Å². The average Bonchev–Trinajstić information content (AvgIpc) is 3.24. The highest BCUT2D eigenvalue weighted by molar-refractivity contribution is 5.94. The lowest BCUT2D eigenvalue weighted by Crippen LogP contribution is -2.33. The van der Waals surface area contributed by atoms with Crippen molar-refractivity contribution in [1.82, 2.24) is 15.5 Å². The summed E-state index contributed by atoms with van der Waals surface area (Å²) < 4.78 is 5.16. The van der Waals surface area contributed by atoms with E-state index in [0.29, 0.717) is 29.9 Å². The van der Waals surface area contributed by atoms with E-state index in [0.717, 1.165) is 11.1 Å². The van der Waals surface area contributed by atoms with Crippen molar-refractivity contribution in [2.45, 2.75) is 51.6 Å². The summed E-state index contributed by atoms with van der Waals surface area (Å²) in [5, 5.41) is 6.78. The maximum atomic E-state index is 12.5. The molecule has 0 bridgehead atoms. The van der Waals surface area contributed by atoms with E-state index < -0.39 is 0 Å². The zero-order valence-corrected chi connectivity index (χ0v) is 17.6. The first-order valence-corrected chi connectivity index (χ1v) is 10.6. The van der Waals surface area contributed by atoms with Crippen molar-refractivity contribution >= 4 is 11.6 Å². The molecule has 0 aliphatic heterocycles. The highest BCUT2D eigenvalue weighted by atomic mass is 16.5. The topological polar surface area (TPSA) is 71.3 Å². The zero-order chi connectivity index (χ0) is 20.9. The maximum absolute atomic E-state index is 12.5. The summed E-state index contributed by atoms with van der Waals surface area (Å²) in [5.74, 6) is 0.937. The first kappa shape index (κ1) is 20.1. The van der Waals surface area contributed by atoms with Crippen LogP contribution in [0.3, 0.4) is 0 Å². The Kier molecular flexibility index (Phi) is 6.12. The summed E-state index contributed by atoms with van der Waals surface area (Å²) in [6.45, 7) is 2.27. The molecule has 3 aromatic rings. The largest absolute Gasteiger partial charge is 0.372 e. The van der Waals surface area contributed by atoms with Gasteiger partial charge in [-0.3, -0.25) is 4.79 Å². The predicted octanol–water partition coefficient (Wildman–Crippen LogP) is 4.74. The molecule has 0 saturated heterocycles. The van der Waals surface area contributed by atoms with Gasteiger partial charge in [0.25, 0.3) is 11.8 Å². The number of nitrogens with one attached hydrogen (secondary N) is 1. The van der Waals surface area contributed by atoms with Crippen molar-refractivity contribution in [2.24, 2.45) is 0 Å². The molecule has 1 amide bonds. The number of carbonyl (C=O) groups excluding carboxylic acids is 1. The van der Waals surface area contributed by atoms with Gasteiger partial charge in [0.1, 0.15) is 0 Å². The van der Waals surface area contributed by atoms with Crippen LogP contribution in [0.15, 0.2) is 53.1 Å². The summed E-state index contributed by atoms with van der Waals surface area (Å²) in [5.41, 5.74) is 3.72. The van der Waals surface area contributed by atoms with Crippen LogP contribution in [0.1, 0.15) is 53.8 Å². The van der Waals surface area contributed by atoms with Gasteiger partial charge in [0, 0.05) is 36.4 Å². The van der Waals surface area contributed by atoms with E-state index in [4.69, 9.17) is 4.52 Å². The summed E-state index contributed by atoms with van der Waals surface area (Å²) >= 11 is 0. The zero-order valence-electron chi connectivity index (χ0n) is 17.6. The van der Waals surface area contributed by atoms with E-state index in [1.807, 2.05) is 12.1 Å². The quantitative estimate of drug-likeness (QED) is 0.642. The molecule has 0 spiro atoms. The molecule has 156 valence electrons. The molecule has 6 nitrogen and oxygen atoms in total. The first-order chi connectivity index (χ1) is 14.6. The monoisotopic (exact) mass is 404 g/mol. The Hall–Kier alpha value is -3.15.